The van der Waals surface area contributed by atoms with Crippen molar-refractivity contribution in [3.05, 3.63) is 0 Å². The summed E-state index contributed by atoms with van der Waals surface area (Å²) in [5.74, 6) is -0.201. The number of carbonyl (C=O) groups excluding carboxylic acids is 1. The van der Waals surface area contributed by atoms with Gasteiger partial charge in [0.05, 0.1) is 13.2 Å². The van der Waals surface area contributed by atoms with Gasteiger partial charge in [-0.2, -0.15) is 0 Å². The summed E-state index contributed by atoms with van der Waals surface area (Å²) < 4.78 is 11.1. The zero-order valence-corrected chi connectivity index (χ0v) is 30.2. The molecule has 0 aromatic rings. The van der Waals surface area contributed by atoms with Crippen LogP contribution in [0.2, 0.25) is 0 Å². The van der Waals surface area contributed by atoms with Crippen molar-refractivity contribution in [1.29, 1.82) is 0 Å². The standard InChI is InChI=1S/C40H80O4/c1-3-5-7-9-11-13-14-15-16-17-18-19-20-21-22-23-24-25-26-27-28-30-32-34-36-43-38-39(37-41)44-40(42)35-33-31-29-12-10-8-6-4-2/h39,41H,3-38H2,1-2H3. The number of carbonyl (C=O) groups is 1. The Balaban J connectivity index is 3.28. The molecule has 0 aliphatic rings. The van der Waals surface area contributed by atoms with E-state index in [-0.39, 0.29) is 12.6 Å². The van der Waals surface area contributed by atoms with Gasteiger partial charge in [0.2, 0.25) is 0 Å². The summed E-state index contributed by atoms with van der Waals surface area (Å²) in [4.78, 5) is 12.0. The molecule has 4 nitrogen and oxygen atoms in total. The molecule has 0 saturated carbocycles. The summed E-state index contributed by atoms with van der Waals surface area (Å²) in [7, 11) is 0. The lowest BCUT2D eigenvalue weighted by molar-refractivity contribution is -0.154. The Morgan fingerprint density at radius 2 is 0.750 bits per heavy atom. The lowest BCUT2D eigenvalue weighted by Crippen LogP contribution is -2.27. The van der Waals surface area contributed by atoms with Crippen molar-refractivity contribution in [2.24, 2.45) is 0 Å². The zero-order valence-electron chi connectivity index (χ0n) is 30.2. The first kappa shape index (κ1) is 43.4. The van der Waals surface area contributed by atoms with Crippen molar-refractivity contribution in [1.82, 2.24) is 0 Å². The van der Waals surface area contributed by atoms with Crippen LogP contribution in [0.25, 0.3) is 0 Å². The van der Waals surface area contributed by atoms with E-state index in [1.54, 1.807) is 0 Å². The number of esters is 1. The van der Waals surface area contributed by atoms with Crippen LogP contribution in [-0.2, 0) is 14.3 Å². The van der Waals surface area contributed by atoms with E-state index in [4.69, 9.17) is 9.47 Å². The topological polar surface area (TPSA) is 55.8 Å². The third-order valence-corrected chi connectivity index (χ3v) is 9.18. The van der Waals surface area contributed by atoms with E-state index >= 15 is 0 Å². The Morgan fingerprint density at radius 1 is 0.455 bits per heavy atom. The predicted octanol–water partition coefficient (Wildman–Crippen LogP) is 12.8. The second-order valence-corrected chi connectivity index (χ2v) is 13.7. The number of hydrogen-bond donors (Lipinski definition) is 1. The molecule has 0 aromatic heterocycles. The molecule has 1 N–H and O–H groups in total. The van der Waals surface area contributed by atoms with Crippen molar-refractivity contribution in [3.8, 4) is 0 Å². The quantitative estimate of drug-likeness (QED) is 0.0548. The van der Waals surface area contributed by atoms with Crippen LogP contribution in [-0.4, -0.2) is 37.0 Å². The van der Waals surface area contributed by atoms with Crippen LogP contribution >= 0.6 is 0 Å². The Kier molecular flexibility index (Phi) is 38.0. The molecule has 0 spiro atoms. The van der Waals surface area contributed by atoms with Crippen LogP contribution in [0.3, 0.4) is 0 Å². The summed E-state index contributed by atoms with van der Waals surface area (Å²) >= 11 is 0. The minimum absolute atomic E-state index is 0.164. The van der Waals surface area contributed by atoms with Gasteiger partial charge < -0.3 is 14.6 Å². The molecule has 264 valence electrons. The Labute approximate surface area is 276 Å². The fraction of sp³-hybridized carbons (Fsp3) is 0.975. The first-order valence-corrected chi connectivity index (χ1v) is 20.1. The molecular formula is C40H80O4. The van der Waals surface area contributed by atoms with Gasteiger partial charge in [0.25, 0.3) is 0 Å². The highest BCUT2D eigenvalue weighted by Gasteiger charge is 2.13. The normalized spacial score (nSPS) is 12.2. The molecule has 0 aromatic carbocycles. The van der Waals surface area contributed by atoms with E-state index < -0.39 is 6.10 Å². The van der Waals surface area contributed by atoms with Gasteiger partial charge in [-0.1, -0.05) is 206 Å². The van der Waals surface area contributed by atoms with Crippen LogP contribution in [0.5, 0.6) is 0 Å². The molecule has 0 radical (unpaired) electrons. The highest BCUT2D eigenvalue weighted by molar-refractivity contribution is 5.69. The summed E-state index contributed by atoms with van der Waals surface area (Å²) in [6, 6.07) is 0. The SMILES string of the molecule is CCCCCCCCCCCCCCCCCCCCCCCCCCOCC(CO)OC(=O)CCCCCCCCCC. The Morgan fingerprint density at radius 3 is 1.07 bits per heavy atom. The molecule has 1 unspecified atom stereocenters. The van der Waals surface area contributed by atoms with Crippen molar-refractivity contribution >= 4 is 5.97 Å². The summed E-state index contributed by atoms with van der Waals surface area (Å²) in [5, 5.41) is 9.52. The van der Waals surface area contributed by atoms with Crippen molar-refractivity contribution in [2.45, 2.75) is 232 Å². The Bertz CT molecular complexity index is 537. The Hall–Kier alpha value is -0.610. The molecule has 0 aliphatic carbocycles. The number of unbranched alkanes of at least 4 members (excludes halogenated alkanes) is 30. The van der Waals surface area contributed by atoms with Crippen LogP contribution < -0.4 is 0 Å². The first-order chi connectivity index (χ1) is 21.7. The maximum atomic E-state index is 12.0. The zero-order chi connectivity index (χ0) is 32.0. The second kappa shape index (κ2) is 38.6. The van der Waals surface area contributed by atoms with E-state index in [0.29, 0.717) is 19.6 Å². The van der Waals surface area contributed by atoms with Crippen LogP contribution in [0.4, 0.5) is 0 Å². The fourth-order valence-corrected chi connectivity index (χ4v) is 6.15. The van der Waals surface area contributed by atoms with E-state index in [1.165, 1.54) is 186 Å². The third kappa shape index (κ3) is 35.9. The van der Waals surface area contributed by atoms with Crippen LogP contribution in [0.15, 0.2) is 0 Å². The molecule has 0 bridgehead atoms. The predicted molar refractivity (Wildman–Crippen MR) is 191 cm³/mol. The summed E-state index contributed by atoms with van der Waals surface area (Å²) in [6.45, 7) is 5.36. The maximum Gasteiger partial charge on any atom is 0.306 e. The molecule has 0 heterocycles. The van der Waals surface area contributed by atoms with E-state index in [2.05, 4.69) is 13.8 Å². The van der Waals surface area contributed by atoms with Gasteiger partial charge >= 0.3 is 5.97 Å². The van der Waals surface area contributed by atoms with Crippen molar-refractivity contribution < 1.29 is 19.4 Å². The van der Waals surface area contributed by atoms with Gasteiger partial charge in [-0.25, -0.2) is 0 Å². The number of rotatable bonds is 38. The average molecular weight is 625 g/mol. The van der Waals surface area contributed by atoms with Crippen LogP contribution in [0, 0.1) is 0 Å². The highest BCUT2D eigenvalue weighted by atomic mass is 16.6. The first-order valence-electron chi connectivity index (χ1n) is 20.1. The van der Waals surface area contributed by atoms with Gasteiger partial charge in [0.1, 0.15) is 6.10 Å². The number of ether oxygens (including phenoxy) is 2. The maximum absolute atomic E-state index is 12.0. The van der Waals surface area contributed by atoms with E-state index in [0.717, 1.165) is 19.3 Å². The summed E-state index contributed by atoms with van der Waals surface area (Å²) in [5.41, 5.74) is 0. The van der Waals surface area contributed by atoms with E-state index in [1.807, 2.05) is 0 Å². The van der Waals surface area contributed by atoms with Gasteiger partial charge in [-0.3, -0.25) is 4.79 Å². The number of aliphatic hydroxyl groups excluding tert-OH is 1. The van der Waals surface area contributed by atoms with E-state index in [9.17, 15) is 9.90 Å². The smallest absolute Gasteiger partial charge is 0.306 e. The molecular weight excluding hydrogens is 544 g/mol. The number of aliphatic hydroxyl groups is 1. The average Bonchev–Trinajstić information content (AvgIpc) is 3.03. The molecule has 0 rings (SSSR count). The lowest BCUT2D eigenvalue weighted by atomic mass is 10.0. The summed E-state index contributed by atoms with van der Waals surface area (Å²) in [6.07, 6.45) is 43.2. The molecule has 0 fully saturated rings. The largest absolute Gasteiger partial charge is 0.457 e. The highest BCUT2D eigenvalue weighted by Crippen LogP contribution is 2.16. The minimum atomic E-state index is -0.522. The molecule has 44 heavy (non-hydrogen) atoms. The molecule has 0 aliphatic heterocycles. The van der Waals surface area contributed by atoms with Gasteiger partial charge in [0.15, 0.2) is 0 Å². The monoisotopic (exact) mass is 625 g/mol. The molecule has 4 heteroatoms. The van der Waals surface area contributed by atoms with Crippen LogP contribution in [0.1, 0.15) is 226 Å². The third-order valence-electron chi connectivity index (χ3n) is 9.18. The van der Waals surface area contributed by atoms with Gasteiger partial charge in [-0.15, -0.1) is 0 Å². The lowest BCUT2D eigenvalue weighted by Gasteiger charge is -2.16. The number of hydrogen-bond acceptors (Lipinski definition) is 4. The fourth-order valence-electron chi connectivity index (χ4n) is 6.15. The molecule has 1 atom stereocenters. The van der Waals surface area contributed by atoms with Crippen molar-refractivity contribution in [3.63, 3.8) is 0 Å². The molecule has 0 amide bonds. The van der Waals surface area contributed by atoms with Crippen molar-refractivity contribution in [2.75, 3.05) is 19.8 Å². The van der Waals surface area contributed by atoms with Gasteiger partial charge in [0, 0.05) is 13.0 Å². The second-order valence-electron chi connectivity index (χ2n) is 13.7. The van der Waals surface area contributed by atoms with Gasteiger partial charge in [-0.05, 0) is 12.8 Å². The minimum Gasteiger partial charge on any atom is -0.457 e. The molecule has 0 saturated heterocycles.